The van der Waals surface area contributed by atoms with Gasteiger partial charge in [-0.25, -0.2) is 4.98 Å². The first kappa shape index (κ1) is 13.4. The number of nitrogens with zero attached hydrogens (tertiary/aromatic N) is 2. The Balaban J connectivity index is 2.54. The van der Waals surface area contributed by atoms with Crippen LogP contribution in [-0.2, 0) is 0 Å². The molecule has 0 amide bonds. The quantitative estimate of drug-likeness (QED) is 0.917. The molecule has 0 spiro atoms. The van der Waals surface area contributed by atoms with Crippen LogP contribution in [0.15, 0.2) is 30.3 Å². The van der Waals surface area contributed by atoms with Crippen LogP contribution in [-0.4, -0.2) is 11.5 Å². The molecule has 0 atom stereocenters. The summed E-state index contributed by atoms with van der Waals surface area (Å²) in [6.07, 6.45) is 0. The van der Waals surface area contributed by atoms with Crippen molar-refractivity contribution in [2.24, 2.45) is 0 Å². The van der Waals surface area contributed by atoms with Gasteiger partial charge in [0.2, 0.25) is 0 Å². The van der Waals surface area contributed by atoms with E-state index >= 15 is 0 Å². The van der Waals surface area contributed by atoms with Gasteiger partial charge in [-0.05, 0) is 37.6 Å². The molecular weight excluding hydrogens is 258 g/mol. The summed E-state index contributed by atoms with van der Waals surface area (Å²) in [6.45, 7) is 4.66. The second kappa shape index (κ2) is 5.73. The summed E-state index contributed by atoms with van der Waals surface area (Å²) in [4.78, 5) is 4.56. The lowest BCUT2D eigenvalue weighted by Crippen LogP contribution is -2.04. The van der Waals surface area contributed by atoms with E-state index in [0.29, 0.717) is 16.4 Å². The Morgan fingerprint density at radius 1 is 1.32 bits per heavy atom. The van der Waals surface area contributed by atoms with Gasteiger partial charge in [-0.3, -0.25) is 0 Å². The molecule has 1 aromatic carbocycles. The van der Waals surface area contributed by atoms with Crippen LogP contribution in [0.25, 0.3) is 11.3 Å². The molecular formula is C15H14ClN3. The molecule has 0 saturated heterocycles. The first-order valence-corrected chi connectivity index (χ1v) is 6.45. The van der Waals surface area contributed by atoms with Gasteiger partial charge in [0.1, 0.15) is 11.9 Å². The zero-order valence-corrected chi connectivity index (χ0v) is 11.6. The Kier molecular flexibility index (Phi) is 4.03. The highest BCUT2D eigenvalue weighted by molar-refractivity contribution is 6.30. The third kappa shape index (κ3) is 2.86. The molecule has 0 aliphatic heterocycles. The summed E-state index contributed by atoms with van der Waals surface area (Å²) in [5.74, 6) is 0.626. The third-order valence-corrected chi connectivity index (χ3v) is 3.05. The van der Waals surface area contributed by atoms with Crippen LogP contribution in [0.1, 0.15) is 18.1 Å². The summed E-state index contributed by atoms with van der Waals surface area (Å²) in [5, 5.41) is 12.9. The number of rotatable bonds is 3. The Morgan fingerprint density at radius 3 is 2.58 bits per heavy atom. The molecule has 4 heteroatoms. The molecule has 1 N–H and O–H groups in total. The number of halogens is 1. The average molecular weight is 272 g/mol. The van der Waals surface area contributed by atoms with Crippen LogP contribution in [0, 0.1) is 18.3 Å². The van der Waals surface area contributed by atoms with Gasteiger partial charge in [0.05, 0.1) is 11.3 Å². The van der Waals surface area contributed by atoms with Crippen molar-refractivity contribution in [2.75, 3.05) is 11.9 Å². The van der Waals surface area contributed by atoms with Crippen molar-refractivity contribution in [3.8, 4) is 17.3 Å². The third-order valence-electron chi connectivity index (χ3n) is 2.80. The molecule has 1 heterocycles. The molecule has 2 rings (SSSR count). The molecule has 0 saturated carbocycles. The van der Waals surface area contributed by atoms with E-state index < -0.39 is 0 Å². The van der Waals surface area contributed by atoms with E-state index in [-0.39, 0.29) is 0 Å². The number of hydrogen-bond donors (Lipinski definition) is 1. The highest BCUT2D eigenvalue weighted by Crippen LogP contribution is 2.26. The van der Waals surface area contributed by atoms with E-state index in [1.807, 2.05) is 44.2 Å². The fourth-order valence-electron chi connectivity index (χ4n) is 1.90. The molecule has 0 radical (unpaired) electrons. The van der Waals surface area contributed by atoms with Crippen molar-refractivity contribution in [1.29, 1.82) is 5.26 Å². The van der Waals surface area contributed by atoms with E-state index in [1.165, 1.54) is 0 Å². The van der Waals surface area contributed by atoms with Crippen LogP contribution in [0.3, 0.4) is 0 Å². The SMILES string of the molecule is CCNc1nc(-c2ccc(Cl)cc2)c(C)cc1C#N. The molecule has 0 aliphatic rings. The Bertz CT molecular complexity index is 627. The van der Waals surface area contributed by atoms with Gasteiger partial charge in [0.15, 0.2) is 0 Å². The van der Waals surface area contributed by atoms with E-state index in [1.54, 1.807) is 0 Å². The van der Waals surface area contributed by atoms with E-state index in [2.05, 4.69) is 16.4 Å². The highest BCUT2D eigenvalue weighted by Gasteiger charge is 2.10. The monoisotopic (exact) mass is 271 g/mol. The fraction of sp³-hybridized carbons (Fsp3) is 0.200. The number of hydrogen-bond acceptors (Lipinski definition) is 3. The predicted molar refractivity (Wildman–Crippen MR) is 78.3 cm³/mol. The van der Waals surface area contributed by atoms with E-state index in [4.69, 9.17) is 16.9 Å². The molecule has 1 aromatic heterocycles. The second-order valence-electron chi connectivity index (χ2n) is 4.20. The van der Waals surface area contributed by atoms with Crippen molar-refractivity contribution >= 4 is 17.4 Å². The van der Waals surface area contributed by atoms with Gasteiger partial charge >= 0.3 is 0 Å². The summed E-state index contributed by atoms with van der Waals surface area (Å²) in [5.41, 5.74) is 3.40. The van der Waals surface area contributed by atoms with Gasteiger partial charge < -0.3 is 5.32 Å². The summed E-state index contributed by atoms with van der Waals surface area (Å²) in [7, 11) is 0. The zero-order chi connectivity index (χ0) is 13.8. The summed E-state index contributed by atoms with van der Waals surface area (Å²) >= 11 is 5.89. The number of aryl methyl sites for hydroxylation is 1. The maximum Gasteiger partial charge on any atom is 0.144 e. The predicted octanol–water partition coefficient (Wildman–Crippen LogP) is 4.01. The number of aromatic nitrogens is 1. The van der Waals surface area contributed by atoms with Crippen molar-refractivity contribution in [1.82, 2.24) is 4.98 Å². The maximum absolute atomic E-state index is 9.12. The number of anilines is 1. The maximum atomic E-state index is 9.12. The Morgan fingerprint density at radius 2 is 2.00 bits per heavy atom. The van der Waals surface area contributed by atoms with Gasteiger partial charge in [0.25, 0.3) is 0 Å². The minimum absolute atomic E-state index is 0.567. The molecule has 2 aromatic rings. The van der Waals surface area contributed by atoms with Gasteiger partial charge in [-0.2, -0.15) is 5.26 Å². The van der Waals surface area contributed by atoms with Crippen molar-refractivity contribution in [2.45, 2.75) is 13.8 Å². The lowest BCUT2D eigenvalue weighted by Gasteiger charge is -2.11. The zero-order valence-electron chi connectivity index (χ0n) is 10.9. The standard InChI is InChI=1S/C15H14ClN3/c1-3-18-15-12(9-17)8-10(2)14(19-15)11-4-6-13(16)7-5-11/h4-8H,3H2,1-2H3,(H,18,19). The highest BCUT2D eigenvalue weighted by atomic mass is 35.5. The molecule has 0 aliphatic carbocycles. The minimum atomic E-state index is 0.567. The van der Waals surface area contributed by atoms with Crippen LogP contribution in [0.2, 0.25) is 5.02 Å². The molecule has 19 heavy (non-hydrogen) atoms. The number of benzene rings is 1. The van der Waals surface area contributed by atoms with E-state index in [0.717, 1.165) is 23.4 Å². The second-order valence-corrected chi connectivity index (χ2v) is 4.64. The number of nitriles is 1. The summed E-state index contributed by atoms with van der Waals surface area (Å²) < 4.78 is 0. The van der Waals surface area contributed by atoms with Gasteiger partial charge in [-0.1, -0.05) is 23.7 Å². The Labute approximate surface area is 117 Å². The molecule has 0 unspecified atom stereocenters. The number of nitrogens with one attached hydrogen (secondary N) is 1. The molecule has 0 fully saturated rings. The Hall–Kier alpha value is -2.05. The average Bonchev–Trinajstić information content (AvgIpc) is 2.41. The topological polar surface area (TPSA) is 48.7 Å². The molecule has 3 nitrogen and oxygen atoms in total. The minimum Gasteiger partial charge on any atom is -0.369 e. The van der Waals surface area contributed by atoms with Crippen LogP contribution in [0.4, 0.5) is 5.82 Å². The molecule has 96 valence electrons. The number of pyridine rings is 1. The fourth-order valence-corrected chi connectivity index (χ4v) is 2.03. The van der Waals surface area contributed by atoms with Crippen molar-refractivity contribution < 1.29 is 0 Å². The van der Waals surface area contributed by atoms with Crippen molar-refractivity contribution in [3.63, 3.8) is 0 Å². The van der Waals surface area contributed by atoms with Crippen LogP contribution in [0.5, 0.6) is 0 Å². The normalized spacial score (nSPS) is 10.0. The van der Waals surface area contributed by atoms with Gasteiger partial charge in [0, 0.05) is 17.1 Å². The summed E-state index contributed by atoms with van der Waals surface area (Å²) in [6, 6.07) is 11.6. The van der Waals surface area contributed by atoms with Crippen LogP contribution >= 0.6 is 11.6 Å². The van der Waals surface area contributed by atoms with Crippen molar-refractivity contribution in [3.05, 3.63) is 46.5 Å². The van der Waals surface area contributed by atoms with E-state index in [9.17, 15) is 0 Å². The van der Waals surface area contributed by atoms with Gasteiger partial charge in [-0.15, -0.1) is 0 Å². The lowest BCUT2D eigenvalue weighted by molar-refractivity contribution is 1.14. The lowest BCUT2D eigenvalue weighted by atomic mass is 10.0. The molecule has 0 bridgehead atoms. The smallest absolute Gasteiger partial charge is 0.144 e. The first-order chi connectivity index (χ1) is 9.15. The van der Waals surface area contributed by atoms with Crippen LogP contribution < -0.4 is 5.32 Å². The first-order valence-electron chi connectivity index (χ1n) is 6.07. The largest absolute Gasteiger partial charge is 0.369 e.